The average molecular weight is 387 g/mol. The third kappa shape index (κ3) is 4.04. The van der Waals surface area contributed by atoms with Crippen LogP contribution < -0.4 is 5.73 Å². The molecular weight excluding hydrogens is 360 g/mol. The standard InChI is InChI=1S/C23H26N6/c1-16-5-4-6-18(8-7-16)22-23(19-9-11-25-20(14-24)26-19)29-12-10-17(15-28(2)3)13-21(29)27-22/h4,6-13H,5,14-15,24H2,1-3H3. The number of allylic oxidation sites excluding steroid dienone is 6. The van der Waals surface area contributed by atoms with Crippen molar-refractivity contribution in [1.82, 2.24) is 24.3 Å². The van der Waals surface area contributed by atoms with Crippen LogP contribution in [0, 0.1) is 0 Å². The summed E-state index contributed by atoms with van der Waals surface area (Å²) in [5, 5.41) is 0. The van der Waals surface area contributed by atoms with Crippen LogP contribution in [-0.4, -0.2) is 38.3 Å². The molecule has 3 aromatic heterocycles. The Labute approximate surface area is 171 Å². The number of rotatable bonds is 5. The van der Waals surface area contributed by atoms with Crippen LogP contribution in [0.4, 0.5) is 0 Å². The maximum Gasteiger partial charge on any atom is 0.142 e. The van der Waals surface area contributed by atoms with Crippen LogP contribution in [0.5, 0.6) is 0 Å². The zero-order valence-electron chi connectivity index (χ0n) is 17.1. The lowest BCUT2D eigenvalue weighted by Gasteiger charge is -2.10. The summed E-state index contributed by atoms with van der Waals surface area (Å²) in [5.74, 6) is 0.619. The quantitative estimate of drug-likeness (QED) is 0.725. The van der Waals surface area contributed by atoms with Gasteiger partial charge in [0.1, 0.15) is 11.5 Å². The Morgan fingerprint density at radius 2 is 2.03 bits per heavy atom. The Morgan fingerprint density at radius 3 is 2.83 bits per heavy atom. The lowest BCUT2D eigenvalue weighted by Crippen LogP contribution is -2.10. The molecule has 1 aliphatic carbocycles. The third-order valence-corrected chi connectivity index (χ3v) is 4.88. The topological polar surface area (TPSA) is 72.3 Å². The maximum atomic E-state index is 5.79. The monoisotopic (exact) mass is 386 g/mol. The van der Waals surface area contributed by atoms with Gasteiger partial charge in [-0.05, 0) is 51.2 Å². The molecule has 148 valence electrons. The van der Waals surface area contributed by atoms with Gasteiger partial charge in [0.25, 0.3) is 0 Å². The molecule has 2 N–H and O–H groups in total. The number of aromatic nitrogens is 4. The van der Waals surface area contributed by atoms with E-state index in [0.717, 1.165) is 41.3 Å². The lowest BCUT2D eigenvalue weighted by atomic mass is 10.1. The van der Waals surface area contributed by atoms with Crippen LogP contribution >= 0.6 is 0 Å². The largest absolute Gasteiger partial charge is 0.324 e. The van der Waals surface area contributed by atoms with E-state index >= 15 is 0 Å². The van der Waals surface area contributed by atoms with Crippen molar-refractivity contribution >= 4 is 11.2 Å². The molecule has 0 atom stereocenters. The van der Waals surface area contributed by atoms with Crippen molar-refractivity contribution < 1.29 is 0 Å². The average Bonchev–Trinajstić information content (AvgIpc) is 2.94. The minimum atomic E-state index is 0.303. The molecule has 0 aliphatic heterocycles. The van der Waals surface area contributed by atoms with Gasteiger partial charge in [-0.1, -0.05) is 29.9 Å². The van der Waals surface area contributed by atoms with Crippen LogP contribution in [0.3, 0.4) is 0 Å². The molecule has 0 fully saturated rings. The molecule has 0 saturated carbocycles. The summed E-state index contributed by atoms with van der Waals surface area (Å²) in [4.78, 5) is 16.1. The highest BCUT2D eigenvalue weighted by Crippen LogP contribution is 2.31. The smallest absolute Gasteiger partial charge is 0.142 e. The third-order valence-electron chi connectivity index (χ3n) is 4.88. The van der Waals surface area contributed by atoms with E-state index in [0.29, 0.717) is 12.4 Å². The van der Waals surface area contributed by atoms with Gasteiger partial charge in [0.2, 0.25) is 0 Å². The predicted octanol–water partition coefficient (Wildman–Crippen LogP) is 3.60. The second-order valence-electron chi connectivity index (χ2n) is 7.61. The summed E-state index contributed by atoms with van der Waals surface area (Å²) in [6, 6.07) is 6.19. The highest BCUT2D eigenvalue weighted by atomic mass is 15.1. The van der Waals surface area contributed by atoms with E-state index in [-0.39, 0.29) is 0 Å². The molecule has 3 aromatic rings. The molecule has 0 spiro atoms. The summed E-state index contributed by atoms with van der Waals surface area (Å²) in [6.45, 7) is 3.31. The number of hydrogen-bond donors (Lipinski definition) is 1. The number of pyridine rings is 1. The SMILES string of the molecule is CC1=CC=C(c2nc3cc(CN(C)C)ccn3c2-c2ccnc(CN)n2)C=CC1. The lowest BCUT2D eigenvalue weighted by molar-refractivity contribution is 0.402. The van der Waals surface area contributed by atoms with Gasteiger partial charge in [0, 0.05) is 24.5 Å². The van der Waals surface area contributed by atoms with Gasteiger partial charge in [-0.2, -0.15) is 0 Å². The Kier molecular flexibility index (Phi) is 5.38. The molecule has 0 amide bonds. The van der Waals surface area contributed by atoms with Crippen molar-refractivity contribution in [2.24, 2.45) is 5.73 Å². The van der Waals surface area contributed by atoms with E-state index in [4.69, 9.17) is 10.7 Å². The van der Waals surface area contributed by atoms with Gasteiger partial charge in [-0.15, -0.1) is 0 Å². The summed E-state index contributed by atoms with van der Waals surface area (Å²) < 4.78 is 2.10. The number of nitrogens with two attached hydrogens (primary N) is 1. The number of nitrogens with zero attached hydrogens (tertiary/aromatic N) is 5. The van der Waals surface area contributed by atoms with Gasteiger partial charge in [0.05, 0.1) is 23.6 Å². The molecule has 6 nitrogen and oxygen atoms in total. The molecule has 0 radical (unpaired) electrons. The Morgan fingerprint density at radius 1 is 1.17 bits per heavy atom. The molecule has 1 aliphatic rings. The number of fused-ring (bicyclic) bond motifs is 1. The van der Waals surface area contributed by atoms with Crippen LogP contribution in [0.2, 0.25) is 0 Å². The van der Waals surface area contributed by atoms with Crippen LogP contribution in [0.25, 0.3) is 22.6 Å². The van der Waals surface area contributed by atoms with Gasteiger partial charge in [0.15, 0.2) is 0 Å². The second-order valence-corrected chi connectivity index (χ2v) is 7.61. The van der Waals surface area contributed by atoms with Gasteiger partial charge in [-0.25, -0.2) is 15.0 Å². The van der Waals surface area contributed by atoms with Crippen molar-refractivity contribution in [2.75, 3.05) is 14.1 Å². The summed E-state index contributed by atoms with van der Waals surface area (Å²) in [6.07, 6.45) is 13.4. The number of imidazole rings is 1. The Bertz CT molecular complexity index is 1130. The molecule has 4 rings (SSSR count). The Hall–Kier alpha value is -3.09. The van der Waals surface area contributed by atoms with E-state index in [2.05, 4.69) is 82.9 Å². The predicted molar refractivity (Wildman–Crippen MR) is 117 cm³/mol. The first kappa shape index (κ1) is 19.2. The van der Waals surface area contributed by atoms with E-state index in [1.807, 2.05) is 6.07 Å². The second kappa shape index (κ2) is 8.11. The van der Waals surface area contributed by atoms with Gasteiger partial charge >= 0.3 is 0 Å². The van der Waals surface area contributed by atoms with Crippen molar-refractivity contribution in [2.45, 2.75) is 26.4 Å². The first-order valence-corrected chi connectivity index (χ1v) is 9.77. The summed E-state index contributed by atoms with van der Waals surface area (Å²) >= 11 is 0. The van der Waals surface area contributed by atoms with Crippen molar-refractivity contribution in [3.8, 4) is 11.4 Å². The zero-order valence-corrected chi connectivity index (χ0v) is 17.1. The van der Waals surface area contributed by atoms with Crippen molar-refractivity contribution in [3.05, 3.63) is 77.6 Å². The minimum Gasteiger partial charge on any atom is -0.324 e. The number of hydrogen-bond acceptors (Lipinski definition) is 5. The summed E-state index contributed by atoms with van der Waals surface area (Å²) in [7, 11) is 4.13. The molecule has 0 saturated heterocycles. The van der Waals surface area contributed by atoms with Crippen LogP contribution in [0.15, 0.2) is 60.5 Å². The first-order valence-electron chi connectivity index (χ1n) is 9.77. The van der Waals surface area contributed by atoms with Gasteiger partial charge < -0.3 is 10.6 Å². The molecule has 0 bridgehead atoms. The molecule has 29 heavy (non-hydrogen) atoms. The summed E-state index contributed by atoms with van der Waals surface area (Å²) in [5.41, 5.74) is 13.0. The fourth-order valence-corrected chi connectivity index (χ4v) is 3.51. The van der Waals surface area contributed by atoms with Crippen LogP contribution in [-0.2, 0) is 13.1 Å². The molecule has 0 aromatic carbocycles. The fraction of sp³-hybridized carbons (Fsp3) is 0.261. The van der Waals surface area contributed by atoms with E-state index < -0.39 is 0 Å². The minimum absolute atomic E-state index is 0.303. The van der Waals surface area contributed by atoms with Crippen LogP contribution in [0.1, 0.15) is 30.4 Å². The zero-order chi connectivity index (χ0) is 20.4. The van der Waals surface area contributed by atoms with E-state index in [1.165, 1.54) is 11.1 Å². The molecule has 6 heteroatoms. The molecule has 0 unspecified atom stereocenters. The van der Waals surface area contributed by atoms with Gasteiger partial charge in [-0.3, -0.25) is 4.40 Å². The van der Waals surface area contributed by atoms with Crippen molar-refractivity contribution in [1.29, 1.82) is 0 Å². The van der Waals surface area contributed by atoms with E-state index in [1.54, 1.807) is 6.20 Å². The molecular formula is C23H26N6. The van der Waals surface area contributed by atoms with Crippen molar-refractivity contribution in [3.63, 3.8) is 0 Å². The Balaban J connectivity index is 1.94. The highest BCUT2D eigenvalue weighted by Gasteiger charge is 2.19. The fourth-order valence-electron chi connectivity index (χ4n) is 3.51. The molecule has 3 heterocycles. The highest BCUT2D eigenvalue weighted by molar-refractivity contribution is 5.84. The first-order chi connectivity index (χ1) is 14.0. The normalized spacial score (nSPS) is 14.2. The maximum absolute atomic E-state index is 5.79. The van der Waals surface area contributed by atoms with E-state index in [9.17, 15) is 0 Å².